The molecule has 0 atom stereocenters. The zero-order valence-corrected chi connectivity index (χ0v) is 15.6. The molecule has 0 fully saturated rings. The maximum Gasteiger partial charge on any atom is 0.435 e. The number of aromatic nitrogens is 1. The first-order chi connectivity index (χ1) is 13.8. The van der Waals surface area contributed by atoms with Crippen molar-refractivity contribution in [3.8, 4) is 5.75 Å². The maximum atomic E-state index is 13.1. The molecule has 6 nitrogen and oxygen atoms in total. The van der Waals surface area contributed by atoms with Crippen LogP contribution in [0.1, 0.15) is 35.0 Å². The third-order valence-corrected chi connectivity index (χ3v) is 4.25. The molecule has 0 unspecified atom stereocenters. The van der Waals surface area contributed by atoms with Crippen molar-refractivity contribution in [1.82, 2.24) is 4.98 Å². The number of aryl methyl sites for hydroxylation is 1. The molecule has 0 saturated heterocycles. The molecule has 152 valence electrons. The molecule has 1 N–H and O–H groups in total. The van der Waals surface area contributed by atoms with E-state index < -0.39 is 34.7 Å². The lowest BCUT2D eigenvalue weighted by Crippen LogP contribution is -2.23. The fourth-order valence-electron chi connectivity index (χ4n) is 2.98. The molecular formula is C20H17F3N2O4. The molecule has 0 bridgehead atoms. The fraction of sp³-hybridized carbons (Fsp3) is 0.250. The molecule has 0 aliphatic heterocycles. The number of amides is 1. The molecule has 0 radical (unpaired) electrons. The third kappa shape index (κ3) is 4.08. The van der Waals surface area contributed by atoms with Crippen molar-refractivity contribution < 1.29 is 27.1 Å². The Bertz CT molecular complexity index is 1120. The Morgan fingerprint density at radius 1 is 1.28 bits per heavy atom. The van der Waals surface area contributed by atoms with Crippen LogP contribution >= 0.6 is 0 Å². The number of halogens is 3. The summed E-state index contributed by atoms with van der Waals surface area (Å²) in [6.07, 6.45) is -2.45. The van der Waals surface area contributed by atoms with E-state index in [0.29, 0.717) is 23.1 Å². The lowest BCUT2D eigenvalue weighted by molar-refractivity contribution is -0.140. The van der Waals surface area contributed by atoms with Crippen LogP contribution in [-0.2, 0) is 12.6 Å². The minimum Gasteiger partial charge on any atom is -0.496 e. The Labute approximate surface area is 163 Å². The summed E-state index contributed by atoms with van der Waals surface area (Å²) in [6.45, 7) is 1.95. The van der Waals surface area contributed by atoms with Gasteiger partial charge in [-0.15, -0.1) is 0 Å². The molecule has 29 heavy (non-hydrogen) atoms. The number of fused-ring (bicyclic) bond motifs is 1. The molecule has 0 saturated carbocycles. The standard InChI is InChI=1S/C20H17F3N2O4/c1-3-5-12-15(28-2)8-7-11-10-13(19(27)29-16(11)12)18(26)25-14-6-4-9-24-17(14)20(21,22)23/h4,6-10H,3,5H2,1-2H3,(H,25,26). The van der Waals surface area contributed by atoms with E-state index in [1.807, 2.05) is 6.92 Å². The highest BCUT2D eigenvalue weighted by atomic mass is 19.4. The van der Waals surface area contributed by atoms with Crippen LogP contribution in [-0.4, -0.2) is 18.0 Å². The van der Waals surface area contributed by atoms with Gasteiger partial charge in [-0.1, -0.05) is 13.3 Å². The largest absolute Gasteiger partial charge is 0.496 e. The summed E-state index contributed by atoms with van der Waals surface area (Å²) in [5.74, 6) is -0.475. The van der Waals surface area contributed by atoms with Crippen molar-refractivity contribution in [1.29, 1.82) is 0 Å². The van der Waals surface area contributed by atoms with E-state index in [0.717, 1.165) is 18.7 Å². The lowest BCUT2D eigenvalue weighted by atomic mass is 10.0. The van der Waals surface area contributed by atoms with E-state index in [-0.39, 0.29) is 5.58 Å². The molecule has 3 rings (SSSR count). The summed E-state index contributed by atoms with van der Waals surface area (Å²) in [5, 5.41) is 2.55. The number of pyridine rings is 1. The monoisotopic (exact) mass is 406 g/mol. The summed E-state index contributed by atoms with van der Waals surface area (Å²) < 4.78 is 49.8. The average Bonchev–Trinajstić information content (AvgIpc) is 2.67. The van der Waals surface area contributed by atoms with E-state index >= 15 is 0 Å². The zero-order valence-electron chi connectivity index (χ0n) is 15.6. The van der Waals surface area contributed by atoms with Crippen LogP contribution in [0.5, 0.6) is 5.75 Å². The minimum atomic E-state index is -4.76. The summed E-state index contributed by atoms with van der Waals surface area (Å²) in [4.78, 5) is 28.2. The summed E-state index contributed by atoms with van der Waals surface area (Å²) in [7, 11) is 1.49. The number of anilines is 1. The molecule has 9 heteroatoms. The normalized spacial score (nSPS) is 11.5. The highest BCUT2D eigenvalue weighted by Crippen LogP contribution is 2.33. The first kappa shape index (κ1) is 20.4. The molecule has 2 aromatic heterocycles. The average molecular weight is 406 g/mol. The van der Waals surface area contributed by atoms with E-state index in [4.69, 9.17) is 9.15 Å². The molecule has 1 aromatic carbocycles. The number of hydrogen-bond donors (Lipinski definition) is 1. The number of carbonyl (C=O) groups excluding carboxylic acids is 1. The van der Waals surface area contributed by atoms with Crippen molar-refractivity contribution >= 4 is 22.6 Å². The number of nitrogens with zero attached hydrogens (tertiary/aromatic N) is 1. The number of nitrogens with one attached hydrogen (secondary N) is 1. The molecule has 0 aliphatic carbocycles. The van der Waals surface area contributed by atoms with Gasteiger partial charge in [0.1, 0.15) is 16.9 Å². The topological polar surface area (TPSA) is 81.4 Å². The van der Waals surface area contributed by atoms with Gasteiger partial charge in [-0.05, 0) is 36.8 Å². The molecular weight excluding hydrogens is 389 g/mol. The maximum absolute atomic E-state index is 13.1. The van der Waals surface area contributed by atoms with Crippen LogP contribution in [0, 0.1) is 0 Å². The van der Waals surface area contributed by atoms with Crippen LogP contribution in [0.25, 0.3) is 11.0 Å². The van der Waals surface area contributed by atoms with Crippen LogP contribution in [0.4, 0.5) is 18.9 Å². The third-order valence-electron chi connectivity index (χ3n) is 4.25. The van der Waals surface area contributed by atoms with Gasteiger partial charge in [-0.2, -0.15) is 13.2 Å². The number of alkyl halides is 3. The van der Waals surface area contributed by atoms with Gasteiger partial charge >= 0.3 is 11.8 Å². The van der Waals surface area contributed by atoms with Gasteiger partial charge in [-0.25, -0.2) is 9.78 Å². The Balaban J connectivity index is 2.04. The van der Waals surface area contributed by atoms with E-state index in [9.17, 15) is 22.8 Å². The van der Waals surface area contributed by atoms with Gasteiger partial charge in [0.25, 0.3) is 5.91 Å². The van der Waals surface area contributed by atoms with Crippen molar-refractivity contribution in [2.45, 2.75) is 25.9 Å². The number of methoxy groups -OCH3 is 1. The quantitative estimate of drug-likeness (QED) is 0.635. The summed E-state index contributed by atoms with van der Waals surface area (Å²) in [5.41, 5.74) is -2.21. The van der Waals surface area contributed by atoms with Crippen molar-refractivity contribution in [2.75, 3.05) is 12.4 Å². The van der Waals surface area contributed by atoms with Gasteiger partial charge in [0, 0.05) is 17.1 Å². The first-order valence-corrected chi connectivity index (χ1v) is 8.73. The highest BCUT2D eigenvalue weighted by molar-refractivity contribution is 6.05. The van der Waals surface area contributed by atoms with Gasteiger partial charge < -0.3 is 14.5 Å². The minimum absolute atomic E-state index is 0.283. The Hall–Kier alpha value is -3.36. The molecule has 0 aliphatic rings. The molecule has 3 aromatic rings. The molecule has 2 heterocycles. The number of ether oxygens (including phenoxy) is 1. The molecule has 1 amide bonds. The number of carbonyl (C=O) groups is 1. The fourth-order valence-corrected chi connectivity index (χ4v) is 2.98. The van der Waals surface area contributed by atoms with Crippen molar-refractivity contribution in [2.24, 2.45) is 0 Å². The number of rotatable bonds is 5. The van der Waals surface area contributed by atoms with Crippen LogP contribution in [0.15, 0.2) is 45.7 Å². The predicted octanol–water partition coefficient (Wildman–Crippen LogP) is 4.42. The van der Waals surface area contributed by atoms with Crippen LogP contribution < -0.4 is 15.7 Å². The van der Waals surface area contributed by atoms with Gasteiger partial charge in [0.05, 0.1) is 12.8 Å². The SMILES string of the molecule is CCCc1c(OC)ccc2cc(C(=O)Nc3cccnc3C(F)(F)F)c(=O)oc12. The zero-order chi connectivity index (χ0) is 21.2. The van der Waals surface area contributed by atoms with Gasteiger partial charge in [0.15, 0.2) is 5.69 Å². The van der Waals surface area contributed by atoms with E-state index in [1.165, 1.54) is 19.2 Å². The second kappa shape index (κ2) is 7.94. The first-order valence-electron chi connectivity index (χ1n) is 8.73. The Morgan fingerprint density at radius 2 is 2.03 bits per heavy atom. The summed E-state index contributed by atoms with van der Waals surface area (Å²) in [6, 6.07) is 6.88. The number of benzene rings is 1. The van der Waals surface area contributed by atoms with Crippen LogP contribution in [0.2, 0.25) is 0 Å². The lowest BCUT2D eigenvalue weighted by Gasteiger charge is -2.13. The molecule has 0 spiro atoms. The van der Waals surface area contributed by atoms with Gasteiger partial charge in [-0.3, -0.25) is 4.79 Å². The predicted molar refractivity (Wildman–Crippen MR) is 100 cm³/mol. The van der Waals surface area contributed by atoms with Crippen molar-refractivity contribution in [3.05, 3.63) is 63.8 Å². The second-order valence-electron chi connectivity index (χ2n) is 6.21. The van der Waals surface area contributed by atoms with E-state index in [2.05, 4.69) is 10.3 Å². The van der Waals surface area contributed by atoms with Crippen LogP contribution in [0.3, 0.4) is 0 Å². The Kier molecular flexibility index (Phi) is 5.58. The highest BCUT2D eigenvalue weighted by Gasteiger charge is 2.36. The Morgan fingerprint density at radius 3 is 2.69 bits per heavy atom. The van der Waals surface area contributed by atoms with Gasteiger partial charge in [0.2, 0.25) is 0 Å². The summed E-state index contributed by atoms with van der Waals surface area (Å²) >= 11 is 0. The second-order valence-corrected chi connectivity index (χ2v) is 6.21. The smallest absolute Gasteiger partial charge is 0.435 e. The van der Waals surface area contributed by atoms with Crippen molar-refractivity contribution in [3.63, 3.8) is 0 Å². The van der Waals surface area contributed by atoms with E-state index in [1.54, 1.807) is 12.1 Å². The number of hydrogen-bond acceptors (Lipinski definition) is 5.